The molecule has 7 heteroatoms. The van der Waals surface area contributed by atoms with Gasteiger partial charge in [0.15, 0.2) is 11.5 Å². The zero-order valence-electron chi connectivity index (χ0n) is 15.7. The van der Waals surface area contributed by atoms with Crippen LogP contribution in [0, 0.1) is 0 Å². The van der Waals surface area contributed by atoms with Crippen molar-refractivity contribution in [3.63, 3.8) is 0 Å². The normalized spacial score (nSPS) is 12.7. The van der Waals surface area contributed by atoms with Crippen LogP contribution in [0.15, 0.2) is 54.7 Å². The number of hydrogen-bond acceptors (Lipinski definition) is 4. The van der Waals surface area contributed by atoms with Crippen molar-refractivity contribution in [2.45, 2.75) is 0 Å². The summed E-state index contributed by atoms with van der Waals surface area (Å²) in [7, 11) is 1.83. The van der Waals surface area contributed by atoms with E-state index in [-0.39, 0.29) is 12.7 Å². The van der Waals surface area contributed by atoms with Crippen molar-refractivity contribution in [2.24, 2.45) is 7.05 Å². The second-order valence-electron chi connectivity index (χ2n) is 6.74. The predicted octanol–water partition coefficient (Wildman–Crippen LogP) is 4.05. The Morgan fingerprint density at radius 1 is 1.14 bits per heavy atom. The zero-order valence-corrected chi connectivity index (χ0v) is 15.7. The zero-order chi connectivity index (χ0) is 19.8. The number of benzene rings is 2. The van der Waals surface area contributed by atoms with Crippen molar-refractivity contribution in [1.29, 1.82) is 0 Å². The standard InChI is InChI=1S/C22H18N4O3/c1-26-10-4-7-19(26)22(27)23-18-12-21-20(28-13-29-21)11-14(18)8-9-17-15-5-2-3-6-16(15)24-25-17/h2-12H,13H2,1H3,(H,23,27)(H,24,25). The maximum atomic E-state index is 12.7. The van der Waals surface area contributed by atoms with Crippen LogP contribution in [-0.4, -0.2) is 27.5 Å². The average molecular weight is 386 g/mol. The summed E-state index contributed by atoms with van der Waals surface area (Å²) >= 11 is 0. The average Bonchev–Trinajstić information content (AvgIpc) is 3.45. The first-order chi connectivity index (χ1) is 14.2. The van der Waals surface area contributed by atoms with Crippen molar-refractivity contribution in [3.05, 3.63) is 71.7 Å². The summed E-state index contributed by atoms with van der Waals surface area (Å²) in [4.78, 5) is 12.7. The number of rotatable bonds is 4. The highest BCUT2D eigenvalue weighted by molar-refractivity contribution is 6.05. The third-order valence-corrected chi connectivity index (χ3v) is 4.89. The minimum Gasteiger partial charge on any atom is -0.454 e. The van der Waals surface area contributed by atoms with Gasteiger partial charge in [0.05, 0.1) is 16.9 Å². The van der Waals surface area contributed by atoms with Gasteiger partial charge in [0.1, 0.15) is 5.69 Å². The summed E-state index contributed by atoms with van der Waals surface area (Å²) in [6, 6.07) is 15.2. The molecule has 1 aliphatic rings. The van der Waals surface area contributed by atoms with Gasteiger partial charge in [0, 0.05) is 30.3 Å². The van der Waals surface area contributed by atoms with E-state index < -0.39 is 0 Å². The predicted molar refractivity (Wildman–Crippen MR) is 111 cm³/mol. The number of nitrogens with zero attached hydrogens (tertiary/aromatic N) is 2. The van der Waals surface area contributed by atoms with Crippen LogP contribution in [0.2, 0.25) is 0 Å². The van der Waals surface area contributed by atoms with Gasteiger partial charge in [-0.25, -0.2) is 0 Å². The lowest BCUT2D eigenvalue weighted by Gasteiger charge is -2.11. The molecule has 0 unspecified atom stereocenters. The SMILES string of the molecule is Cn1cccc1C(=O)Nc1cc2c(cc1C=Cc1n[nH]c3ccccc13)OCO2. The molecule has 0 radical (unpaired) electrons. The number of aromatic amines is 1. The van der Waals surface area contributed by atoms with Crippen molar-refractivity contribution in [1.82, 2.24) is 14.8 Å². The van der Waals surface area contributed by atoms with Crippen LogP contribution in [0.5, 0.6) is 11.5 Å². The number of amides is 1. The van der Waals surface area contributed by atoms with Crippen LogP contribution >= 0.6 is 0 Å². The van der Waals surface area contributed by atoms with Crippen molar-refractivity contribution in [2.75, 3.05) is 12.1 Å². The third kappa shape index (κ3) is 3.12. The first kappa shape index (κ1) is 17.1. The van der Waals surface area contributed by atoms with Gasteiger partial charge in [-0.3, -0.25) is 9.89 Å². The van der Waals surface area contributed by atoms with E-state index in [1.807, 2.05) is 61.8 Å². The second-order valence-corrected chi connectivity index (χ2v) is 6.74. The molecule has 144 valence electrons. The number of carbonyl (C=O) groups is 1. The van der Waals surface area contributed by atoms with Gasteiger partial charge < -0.3 is 19.4 Å². The van der Waals surface area contributed by atoms with Gasteiger partial charge >= 0.3 is 0 Å². The summed E-state index contributed by atoms with van der Waals surface area (Å²) in [6.45, 7) is 0.164. The fraction of sp³-hybridized carbons (Fsp3) is 0.0909. The molecule has 5 rings (SSSR count). The van der Waals surface area contributed by atoms with Crippen LogP contribution in [0.1, 0.15) is 21.7 Å². The number of ether oxygens (including phenoxy) is 2. The highest BCUT2D eigenvalue weighted by Crippen LogP contribution is 2.38. The lowest BCUT2D eigenvalue weighted by Crippen LogP contribution is -2.16. The largest absolute Gasteiger partial charge is 0.454 e. The van der Waals surface area contributed by atoms with E-state index in [9.17, 15) is 4.79 Å². The number of carbonyl (C=O) groups excluding carboxylic acids is 1. The summed E-state index contributed by atoms with van der Waals surface area (Å²) < 4.78 is 12.8. The van der Waals surface area contributed by atoms with E-state index >= 15 is 0 Å². The number of para-hydroxylation sites is 1. The van der Waals surface area contributed by atoms with Gasteiger partial charge in [-0.15, -0.1) is 0 Å². The lowest BCUT2D eigenvalue weighted by atomic mass is 10.1. The fourth-order valence-corrected chi connectivity index (χ4v) is 3.37. The van der Waals surface area contributed by atoms with E-state index in [0.717, 1.165) is 22.2 Å². The molecule has 1 amide bonds. The molecule has 7 nitrogen and oxygen atoms in total. The van der Waals surface area contributed by atoms with Crippen LogP contribution in [0.25, 0.3) is 23.1 Å². The minimum absolute atomic E-state index is 0.164. The summed E-state index contributed by atoms with van der Waals surface area (Å²) in [5, 5.41) is 11.4. The van der Waals surface area contributed by atoms with Crippen molar-refractivity contribution < 1.29 is 14.3 Å². The summed E-state index contributed by atoms with van der Waals surface area (Å²) in [5.74, 6) is 1.05. The van der Waals surface area contributed by atoms with Gasteiger partial charge in [-0.05, 0) is 30.3 Å². The Hall–Kier alpha value is -4.00. The molecule has 0 fully saturated rings. The Bertz CT molecular complexity index is 1250. The smallest absolute Gasteiger partial charge is 0.272 e. The molecule has 0 saturated heterocycles. The highest BCUT2D eigenvalue weighted by atomic mass is 16.7. The van der Waals surface area contributed by atoms with E-state index in [0.29, 0.717) is 22.9 Å². The lowest BCUT2D eigenvalue weighted by molar-refractivity contribution is 0.101. The van der Waals surface area contributed by atoms with Gasteiger partial charge in [-0.2, -0.15) is 5.10 Å². The molecule has 4 aromatic rings. The molecule has 3 heterocycles. The van der Waals surface area contributed by atoms with E-state index in [1.165, 1.54) is 0 Å². The molecular formula is C22H18N4O3. The van der Waals surface area contributed by atoms with Crippen LogP contribution in [0.3, 0.4) is 0 Å². The molecule has 2 aromatic carbocycles. The molecule has 0 bridgehead atoms. The molecule has 0 atom stereocenters. The maximum Gasteiger partial charge on any atom is 0.272 e. The maximum absolute atomic E-state index is 12.7. The number of nitrogens with one attached hydrogen (secondary N) is 2. The minimum atomic E-state index is -0.198. The molecule has 1 aliphatic heterocycles. The number of hydrogen-bond donors (Lipinski definition) is 2. The molecule has 0 spiro atoms. The number of fused-ring (bicyclic) bond motifs is 2. The molecule has 2 aromatic heterocycles. The Labute approximate surface area is 166 Å². The Kier molecular flexibility index (Phi) is 4.05. The van der Waals surface area contributed by atoms with Crippen LogP contribution < -0.4 is 14.8 Å². The Morgan fingerprint density at radius 2 is 1.97 bits per heavy atom. The van der Waals surface area contributed by atoms with E-state index in [1.54, 1.807) is 16.7 Å². The van der Waals surface area contributed by atoms with Crippen LogP contribution in [-0.2, 0) is 7.05 Å². The summed E-state index contributed by atoms with van der Waals surface area (Å²) in [6.07, 6.45) is 5.65. The Morgan fingerprint density at radius 3 is 2.79 bits per heavy atom. The van der Waals surface area contributed by atoms with E-state index in [4.69, 9.17) is 9.47 Å². The first-order valence-corrected chi connectivity index (χ1v) is 9.16. The number of anilines is 1. The number of H-pyrrole nitrogens is 1. The van der Waals surface area contributed by atoms with Crippen LogP contribution in [0.4, 0.5) is 5.69 Å². The van der Waals surface area contributed by atoms with Crippen molar-refractivity contribution >= 4 is 34.6 Å². The Balaban J connectivity index is 1.51. The summed E-state index contributed by atoms with van der Waals surface area (Å²) in [5.41, 5.74) is 3.78. The fourth-order valence-electron chi connectivity index (χ4n) is 3.37. The third-order valence-electron chi connectivity index (χ3n) is 4.89. The molecular weight excluding hydrogens is 368 g/mol. The number of aromatic nitrogens is 3. The quantitative estimate of drug-likeness (QED) is 0.554. The number of aryl methyl sites for hydroxylation is 1. The molecule has 0 aliphatic carbocycles. The van der Waals surface area contributed by atoms with Gasteiger partial charge in [-0.1, -0.05) is 24.3 Å². The monoisotopic (exact) mass is 386 g/mol. The van der Waals surface area contributed by atoms with E-state index in [2.05, 4.69) is 15.5 Å². The molecule has 29 heavy (non-hydrogen) atoms. The second kappa shape index (κ2) is 6.87. The molecule has 2 N–H and O–H groups in total. The van der Waals surface area contributed by atoms with Gasteiger partial charge in [0.2, 0.25) is 6.79 Å². The van der Waals surface area contributed by atoms with Crippen molar-refractivity contribution in [3.8, 4) is 11.5 Å². The highest BCUT2D eigenvalue weighted by Gasteiger charge is 2.19. The molecule has 0 saturated carbocycles. The van der Waals surface area contributed by atoms with Gasteiger partial charge in [0.25, 0.3) is 5.91 Å². The topological polar surface area (TPSA) is 81.2 Å². The first-order valence-electron chi connectivity index (χ1n) is 9.16.